The summed E-state index contributed by atoms with van der Waals surface area (Å²) in [5.41, 5.74) is 4.22. The molecule has 1 aliphatic rings. The highest BCUT2D eigenvalue weighted by atomic mass is 16.5. The number of carbonyl (C=O) groups excluding carboxylic acids is 2. The van der Waals surface area contributed by atoms with Crippen molar-refractivity contribution in [3.63, 3.8) is 0 Å². The van der Waals surface area contributed by atoms with Crippen LogP contribution in [0.2, 0.25) is 0 Å². The van der Waals surface area contributed by atoms with Crippen molar-refractivity contribution in [1.29, 1.82) is 0 Å². The van der Waals surface area contributed by atoms with Gasteiger partial charge >= 0.3 is 0 Å². The van der Waals surface area contributed by atoms with Crippen molar-refractivity contribution in [3.8, 4) is 5.75 Å². The van der Waals surface area contributed by atoms with Gasteiger partial charge in [-0.1, -0.05) is 42.0 Å². The minimum absolute atomic E-state index is 0.144. The maximum absolute atomic E-state index is 13.1. The van der Waals surface area contributed by atoms with Crippen LogP contribution in [0.4, 0.5) is 0 Å². The van der Waals surface area contributed by atoms with Crippen molar-refractivity contribution in [1.82, 2.24) is 15.6 Å². The largest absolute Gasteiger partial charge is 0.485 e. The molecule has 2 N–H and O–H groups in total. The molecule has 2 heterocycles. The van der Waals surface area contributed by atoms with Gasteiger partial charge in [0.25, 0.3) is 11.8 Å². The Morgan fingerprint density at radius 3 is 2.61 bits per heavy atom. The Hall–Kier alpha value is -4.19. The monoisotopic (exact) mass is 439 g/mol. The highest BCUT2D eigenvalue weighted by Gasteiger charge is 2.21. The molecular formula is C27H25N3O3. The van der Waals surface area contributed by atoms with Gasteiger partial charge in [0.2, 0.25) is 0 Å². The fraction of sp³-hybridized carbons (Fsp3) is 0.148. The summed E-state index contributed by atoms with van der Waals surface area (Å²) in [6.45, 7) is 4.15. The summed E-state index contributed by atoms with van der Waals surface area (Å²) < 4.78 is 5.99. The third-order valence-corrected chi connectivity index (χ3v) is 5.31. The molecule has 3 aromatic rings. The van der Waals surface area contributed by atoms with Crippen LogP contribution in [-0.2, 0) is 11.3 Å². The minimum Gasteiger partial charge on any atom is -0.485 e. The molecule has 0 fully saturated rings. The minimum atomic E-state index is -0.397. The molecular weight excluding hydrogens is 414 g/mol. The summed E-state index contributed by atoms with van der Waals surface area (Å²) in [6, 6.07) is 18.6. The number of carbonyl (C=O) groups is 2. The SMILES string of the molecule is Cc1ccc(C(=O)N/C(=C/C2=Cc3ccccc3O[C@H]2C)C(=O)NCc2cccnc2)cc1. The van der Waals surface area contributed by atoms with Crippen molar-refractivity contribution in [2.45, 2.75) is 26.5 Å². The molecule has 6 heteroatoms. The first-order chi connectivity index (χ1) is 16.0. The van der Waals surface area contributed by atoms with E-state index in [1.807, 2.05) is 62.4 Å². The standard InChI is InChI=1S/C27H25N3O3/c1-18-9-11-21(12-10-18)26(31)30-24(27(32)29-17-20-6-5-13-28-16-20)15-23-14-22-7-3-4-8-25(22)33-19(23)2/h3-16,19H,17H2,1-2H3,(H,29,32)(H,30,31)/b24-15+/t19-/m0/s1. The van der Waals surface area contributed by atoms with E-state index in [0.717, 1.165) is 28.0 Å². The molecule has 166 valence electrons. The first-order valence-electron chi connectivity index (χ1n) is 10.7. The molecule has 0 unspecified atom stereocenters. The lowest BCUT2D eigenvalue weighted by molar-refractivity contribution is -0.118. The maximum atomic E-state index is 13.1. The van der Waals surface area contributed by atoms with Gasteiger partial charge in [0, 0.05) is 30.1 Å². The van der Waals surface area contributed by atoms with Crippen LogP contribution < -0.4 is 15.4 Å². The summed E-state index contributed by atoms with van der Waals surface area (Å²) >= 11 is 0. The molecule has 0 spiro atoms. The van der Waals surface area contributed by atoms with Gasteiger partial charge in [-0.15, -0.1) is 0 Å². The molecule has 2 amide bonds. The summed E-state index contributed by atoms with van der Waals surface area (Å²) in [6.07, 6.45) is 6.72. The second-order valence-electron chi connectivity index (χ2n) is 7.86. The van der Waals surface area contributed by atoms with Gasteiger partial charge in [0.1, 0.15) is 17.6 Å². The van der Waals surface area contributed by atoms with Gasteiger partial charge in [0.05, 0.1) is 0 Å². The van der Waals surface area contributed by atoms with Crippen molar-refractivity contribution in [2.24, 2.45) is 0 Å². The second-order valence-corrected chi connectivity index (χ2v) is 7.86. The zero-order chi connectivity index (χ0) is 23.2. The number of nitrogens with one attached hydrogen (secondary N) is 2. The van der Waals surface area contributed by atoms with E-state index in [4.69, 9.17) is 4.74 Å². The van der Waals surface area contributed by atoms with Crippen molar-refractivity contribution in [2.75, 3.05) is 0 Å². The Bertz CT molecular complexity index is 1210. The quantitative estimate of drug-likeness (QED) is 0.565. The molecule has 1 aromatic heterocycles. The van der Waals surface area contributed by atoms with Crippen LogP contribution >= 0.6 is 0 Å². The number of aromatic nitrogens is 1. The van der Waals surface area contributed by atoms with E-state index in [2.05, 4.69) is 15.6 Å². The number of hydrogen-bond donors (Lipinski definition) is 2. The Morgan fingerprint density at radius 2 is 1.85 bits per heavy atom. The van der Waals surface area contributed by atoms with Crippen molar-refractivity contribution >= 4 is 17.9 Å². The third-order valence-electron chi connectivity index (χ3n) is 5.31. The van der Waals surface area contributed by atoms with E-state index in [-0.39, 0.29) is 17.7 Å². The van der Waals surface area contributed by atoms with Crippen LogP contribution in [0.5, 0.6) is 5.75 Å². The average Bonchev–Trinajstić information content (AvgIpc) is 2.83. The lowest BCUT2D eigenvalue weighted by Gasteiger charge is -2.23. The molecule has 1 atom stereocenters. The van der Waals surface area contributed by atoms with Gasteiger partial charge in [-0.05, 0) is 61.4 Å². The molecule has 0 saturated carbocycles. The molecule has 0 radical (unpaired) electrons. The number of aryl methyl sites for hydroxylation is 1. The third kappa shape index (κ3) is 5.54. The summed E-state index contributed by atoms with van der Waals surface area (Å²) in [4.78, 5) is 30.0. The topological polar surface area (TPSA) is 80.3 Å². The van der Waals surface area contributed by atoms with E-state index in [1.165, 1.54) is 0 Å². The Labute approximate surface area is 193 Å². The van der Waals surface area contributed by atoms with Gasteiger partial charge in [-0.2, -0.15) is 0 Å². The van der Waals surface area contributed by atoms with E-state index < -0.39 is 5.91 Å². The van der Waals surface area contributed by atoms with E-state index >= 15 is 0 Å². The Balaban J connectivity index is 1.61. The number of ether oxygens (including phenoxy) is 1. The molecule has 6 nitrogen and oxygen atoms in total. The lowest BCUT2D eigenvalue weighted by atomic mass is 10.0. The van der Waals surface area contributed by atoms with E-state index in [9.17, 15) is 9.59 Å². The van der Waals surface area contributed by atoms with Crippen LogP contribution in [0.15, 0.2) is 90.4 Å². The maximum Gasteiger partial charge on any atom is 0.268 e. The Morgan fingerprint density at radius 1 is 1.06 bits per heavy atom. The van der Waals surface area contributed by atoms with Crippen LogP contribution in [-0.4, -0.2) is 22.9 Å². The first-order valence-corrected chi connectivity index (χ1v) is 10.7. The van der Waals surface area contributed by atoms with Gasteiger partial charge in [-0.3, -0.25) is 14.6 Å². The molecule has 4 rings (SSSR count). The second kappa shape index (κ2) is 9.96. The zero-order valence-corrected chi connectivity index (χ0v) is 18.5. The predicted molar refractivity (Wildman–Crippen MR) is 127 cm³/mol. The molecule has 2 aromatic carbocycles. The number of para-hydroxylation sites is 1. The molecule has 33 heavy (non-hydrogen) atoms. The molecule has 1 aliphatic heterocycles. The molecule has 0 saturated heterocycles. The van der Waals surface area contributed by atoms with Crippen LogP contribution in [0, 0.1) is 6.92 Å². The normalized spacial score (nSPS) is 15.0. The Kier molecular flexibility index (Phi) is 6.64. The fourth-order valence-electron chi connectivity index (χ4n) is 3.43. The number of rotatable bonds is 6. The number of hydrogen-bond acceptors (Lipinski definition) is 4. The highest BCUT2D eigenvalue weighted by Crippen LogP contribution is 2.30. The van der Waals surface area contributed by atoms with E-state index in [1.54, 1.807) is 36.7 Å². The van der Waals surface area contributed by atoms with Gasteiger partial charge in [0.15, 0.2) is 0 Å². The number of fused-ring (bicyclic) bond motifs is 1. The highest BCUT2D eigenvalue weighted by molar-refractivity contribution is 6.03. The number of benzene rings is 2. The van der Waals surface area contributed by atoms with Crippen LogP contribution in [0.1, 0.15) is 34.0 Å². The van der Waals surface area contributed by atoms with Gasteiger partial charge < -0.3 is 15.4 Å². The first kappa shape index (κ1) is 22.0. The number of amides is 2. The predicted octanol–water partition coefficient (Wildman–Crippen LogP) is 4.18. The average molecular weight is 440 g/mol. The van der Waals surface area contributed by atoms with Gasteiger partial charge in [-0.25, -0.2) is 0 Å². The smallest absolute Gasteiger partial charge is 0.268 e. The molecule has 0 aliphatic carbocycles. The van der Waals surface area contributed by atoms with Crippen LogP contribution in [0.25, 0.3) is 6.08 Å². The molecule has 0 bridgehead atoms. The summed E-state index contributed by atoms with van der Waals surface area (Å²) in [7, 11) is 0. The summed E-state index contributed by atoms with van der Waals surface area (Å²) in [5.74, 6) is 0.0304. The van der Waals surface area contributed by atoms with Crippen LogP contribution in [0.3, 0.4) is 0 Å². The zero-order valence-electron chi connectivity index (χ0n) is 18.5. The number of nitrogens with zero attached hydrogens (tertiary/aromatic N) is 1. The summed E-state index contributed by atoms with van der Waals surface area (Å²) in [5, 5.41) is 5.64. The van der Waals surface area contributed by atoms with E-state index in [0.29, 0.717) is 12.1 Å². The lowest BCUT2D eigenvalue weighted by Crippen LogP contribution is -2.35. The van der Waals surface area contributed by atoms with Crippen molar-refractivity contribution < 1.29 is 14.3 Å². The number of pyridine rings is 1. The van der Waals surface area contributed by atoms with Crippen molar-refractivity contribution in [3.05, 3.63) is 113 Å². The fourth-order valence-corrected chi connectivity index (χ4v) is 3.43.